The Morgan fingerprint density at radius 1 is 1.16 bits per heavy atom. The number of amides is 1. The van der Waals surface area contributed by atoms with Crippen molar-refractivity contribution in [2.24, 2.45) is 0 Å². The summed E-state index contributed by atoms with van der Waals surface area (Å²) in [5.41, 5.74) is 1.62. The average molecular weight is 435 g/mol. The number of nitrogens with one attached hydrogen (secondary N) is 1. The van der Waals surface area contributed by atoms with Crippen molar-refractivity contribution in [3.8, 4) is 0 Å². The van der Waals surface area contributed by atoms with Gasteiger partial charge < -0.3 is 14.8 Å². The van der Waals surface area contributed by atoms with Crippen molar-refractivity contribution >= 4 is 16.9 Å². The van der Waals surface area contributed by atoms with Crippen LogP contribution in [0.4, 0.5) is 13.2 Å². The summed E-state index contributed by atoms with van der Waals surface area (Å²) in [4.78, 5) is 19.8. The Morgan fingerprint density at radius 2 is 1.87 bits per heavy atom. The summed E-state index contributed by atoms with van der Waals surface area (Å²) in [6.45, 7) is 4.31. The number of halogens is 3. The van der Waals surface area contributed by atoms with Crippen LogP contribution < -0.4 is 5.32 Å². The van der Waals surface area contributed by atoms with Crippen LogP contribution in [-0.2, 0) is 0 Å². The van der Waals surface area contributed by atoms with E-state index >= 15 is 0 Å². The van der Waals surface area contributed by atoms with Crippen LogP contribution in [0.15, 0.2) is 12.1 Å². The van der Waals surface area contributed by atoms with Crippen molar-refractivity contribution in [3.63, 3.8) is 0 Å². The molecule has 31 heavy (non-hydrogen) atoms. The fourth-order valence-corrected chi connectivity index (χ4v) is 5.68. The highest BCUT2D eigenvalue weighted by Crippen LogP contribution is 2.39. The first-order valence-electron chi connectivity index (χ1n) is 11.5. The molecule has 1 saturated heterocycles. The standard InChI is InChI=1S/C23H29F3N4O/c1-2-16-13-27-22(31)18-11-15(24)12-19-20(18)30(16)21(28-19)14-5-9-29(10-6-14)17-3-7-23(25,26)8-4-17/h11-12,14,16-17H,2-10,13H2,1H3,(H,27,31)/t16-/m1/s1. The minimum Gasteiger partial charge on any atom is -0.350 e. The maximum atomic E-state index is 14.2. The minimum absolute atomic E-state index is 0.0130. The topological polar surface area (TPSA) is 50.2 Å². The second-order valence-electron chi connectivity index (χ2n) is 9.33. The number of carbonyl (C=O) groups excluding carboxylic acids is 1. The molecule has 2 aromatic rings. The highest BCUT2D eigenvalue weighted by molar-refractivity contribution is 6.05. The van der Waals surface area contributed by atoms with Crippen molar-refractivity contribution in [2.75, 3.05) is 19.6 Å². The molecule has 0 spiro atoms. The minimum atomic E-state index is -2.50. The second kappa shape index (κ2) is 7.80. The van der Waals surface area contributed by atoms with Gasteiger partial charge in [-0.25, -0.2) is 18.2 Å². The monoisotopic (exact) mass is 434 g/mol. The van der Waals surface area contributed by atoms with Crippen LogP contribution in [0.2, 0.25) is 0 Å². The third-order valence-corrected chi connectivity index (χ3v) is 7.45. The van der Waals surface area contributed by atoms with E-state index in [2.05, 4.69) is 21.7 Å². The number of hydrogen-bond donors (Lipinski definition) is 1. The van der Waals surface area contributed by atoms with Crippen LogP contribution in [0.3, 0.4) is 0 Å². The first-order valence-corrected chi connectivity index (χ1v) is 11.5. The molecule has 1 N–H and O–H groups in total. The van der Waals surface area contributed by atoms with Gasteiger partial charge in [0, 0.05) is 37.4 Å². The lowest BCUT2D eigenvalue weighted by Gasteiger charge is -2.40. The molecule has 1 amide bonds. The van der Waals surface area contributed by atoms with Gasteiger partial charge in [0.05, 0.1) is 22.6 Å². The molecule has 0 unspecified atom stereocenters. The van der Waals surface area contributed by atoms with E-state index in [0.717, 1.165) is 43.7 Å². The van der Waals surface area contributed by atoms with Gasteiger partial charge in [0.1, 0.15) is 11.6 Å². The molecule has 168 valence electrons. The zero-order valence-corrected chi connectivity index (χ0v) is 17.8. The van der Waals surface area contributed by atoms with Gasteiger partial charge >= 0.3 is 0 Å². The lowest BCUT2D eigenvalue weighted by molar-refractivity contribution is -0.0559. The lowest BCUT2D eigenvalue weighted by atomic mass is 9.88. The Labute approximate surface area is 180 Å². The molecule has 2 aliphatic heterocycles. The predicted octanol–water partition coefficient (Wildman–Crippen LogP) is 4.63. The summed E-state index contributed by atoms with van der Waals surface area (Å²) in [5, 5.41) is 2.93. The number of aromatic nitrogens is 2. The van der Waals surface area contributed by atoms with Gasteiger partial charge in [-0.1, -0.05) is 6.92 Å². The molecular weight excluding hydrogens is 405 g/mol. The molecule has 8 heteroatoms. The van der Waals surface area contributed by atoms with Gasteiger partial charge in [-0.3, -0.25) is 4.79 Å². The maximum Gasteiger partial charge on any atom is 0.253 e. The molecule has 1 atom stereocenters. The number of likely N-dealkylation sites (tertiary alicyclic amines) is 1. The Bertz CT molecular complexity index is 986. The third kappa shape index (κ3) is 3.73. The fraction of sp³-hybridized carbons (Fsp3) is 0.652. The summed E-state index contributed by atoms with van der Waals surface area (Å²) >= 11 is 0. The van der Waals surface area contributed by atoms with Crippen molar-refractivity contribution in [1.82, 2.24) is 19.8 Å². The van der Waals surface area contributed by atoms with Gasteiger partial charge in [0.15, 0.2) is 0 Å². The van der Waals surface area contributed by atoms with E-state index < -0.39 is 11.7 Å². The highest BCUT2D eigenvalue weighted by atomic mass is 19.3. The molecule has 5 rings (SSSR count). The Hall–Kier alpha value is -2.09. The first kappa shape index (κ1) is 20.8. The number of imidazole rings is 1. The van der Waals surface area contributed by atoms with Crippen LogP contribution in [0.1, 0.15) is 80.0 Å². The van der Waals surface area contributed by atoms with Crippen molar-refractivity contribution in [3.05, 3.63) is 29.3 Å². The zero-order chi connectivity index (χ0) is 21.8. The summed E-state index contributed by atoms with van der Waals surface area (Å²) < 4.78 is 43.4. The van der Waals surface area contributed by atoms with E-state index in [9.17, 15) is 18.0 Å². The molecular formula is C23H29F3N4O. The molecule has 2 fully saturated rings. The van der Waals surface area contributed by atoms with Crippen molar-refractivity contribution in [1.29, 1.82) is 0 Å². The molecule has 1 aromatic carbocycles. The molecule has 1 aliphatic carbocycles. The normalized spacial score (nSPS) is 25.5. The summed E-state index contributed by atoms with van der Waals surface area (Å²) in [5.74, 6) is -2.06. The Kier molecular flexibility index (Phi) is 5.23. The SMILES string of the molecule is CC[C@@H]1CNC(=O)c2cc(F)cc3nc(C4CCN(C5CCC(F)(F)CC5)CC4)n1c23. The van der Waals surface area contributed by atoms with Gasteiger partial charge in [-0.05, 0) is 51.3 Å². The largest absolute Gasteiger partial charge is 0.350 e. The van der Waals surface area contributed by atoms with Gasteiger partial charge in [-0.2, -0.15) is 0 Å². The number of rotatable bonds is 3. The number of carbonyl (C=O) groups is 1. The molecule has 0 radical (unpaired) electrons. The number of alkyl halides is 2. The van der Waals surface area contributed by atoms with E-state index in [1.165, 1.54) is 12.1 Å². The molecule has 1 aromatic heterocycles. The predicted molar refractivity (Wildman–Crippen MR) is 112 cm³/mol. The van der Waals surface area contributed by atoms with E-state index in [4.69, 9.17) is 4.98 Å². The number of piperidine rings is 1. The van der Waals surface area contributed by atoms with E-state index in [-0.39, 0.29) is 36.8 Å². The average Bonchev–Trinajstić information content (AvgIpc) is 3.06. The van der Waals surface area contributed by atoms with Crippen LogP contribution in [-0.4, -0.2) is 52.0 Å². The smallest absolute Gasteiger partial charge is 0.253 e. The van der Waals surface area contributed by atoms with Gasteiger partial charge in [0.2, 0.25) is 5.92 Å². The first-order chi connectivity index (χ1) is 14.9. The Morgan fingerprint density at radius 3 is 2.55 bits per heavy atom. The molecule has 0 bridgehead atoms. The number of benzene rings is 1. The Balaban J connectivity index is 1.42. The van der Waals surface area contributed by atoms with Crippen LogP contribution in [0, 0.1) is 5.82 Å². The zero-order valence-electron chi connectivity index (χ0n) is 17.8. The second-order valence-corrected chi connectivity index (χ2v) is 9.33. The van der Waals surface area contributed by atoms with Crippen LogP contribution >= 0.6 is 0 Å². The number of hydrogen-bond acceptors (Lipinski definition) is 3. The van der Waals surface area contributed by atoms with E-state index in [1.807, 2.05) is 0 Å². The third-order valence-electron chi connectivity index (χ3n) is 7.45. The van der Waals surface area contributed by atoms with E-state index in [0.29, 0.717) is 30.5 Å². The maximum absolute atomic E-state index is 14.2. The van der Waals surface area contributed by atoms with Gasteiger partial charge in [0.25, 0.3) is 5.91 Å². The summed E-state index contributed by atoms with van der Waals surface area (Å²) in [6, 6.07) is 3.04. The molecule has 3 heterocycles. The molecule has 5 nitrogen and oxygen atoms in total. The lowest BCUT2D eigenvalue weighted by Crippen LogP contribution is -2.44. The molecule has 3 aliphatic rings. The summed E-state index contributed by atoms with van der Waals surface area (Å²) in [6.07, 6.45) is 3.72. The van der Waals surface area contributed by atoms with E-state index in [1.54, 1.807) is 0 Å². The van der Waals surface area contributed by atoms with Crippen molar-refractivity contribution in [2.45, 2.75) is 75.8 Å². The quantitative estimate of drug-likeness (QED) is 0.767. The van der Waals surface area contributed by atoms with Crippen molar-refractivity contribution < 1.29 is 18.0 Å². The number of nitrogens with zero attached hydrogens (tertiary/aromatic N) is 3. The summed E-state index contributed by atoms with van der Waals surface area (Å²) in [7, 11) is 0. The van der Waals surface area contributed by atoms with Crippen LogP contribution in [0.5, 0.6) is 0 Å². The molecule has 1 saturated carbocycles. The fourth-order valence-electron chi connectivity index (χ4n) is 5.68. The van der Waals surface area contributed by atoms with Gasteiger partial charge in [-0.15, -0.1) is 0 Å². The highest BCUT2D eigenvalue weighted by Gasteiger charge is 2.38. The van der Waals surface area contributed by atoms with Crippen LogP contribution in [0.25, 0.3) is 11.0 Å².